The molecule has 0 aromatic carbocycles. The van der Waals surface area contributed by atoms with Crippen LogP contribution in [0.15, 0.2) is 24.8 Å². The normalized spacial score (nSPS) is 12.6. The molecule has 0 fully saturated rings. The second-order valence-electron chi connectivity index (χ2n) is 6.68. The van der Waals surface area contributed by atoms with Crippen molar-refractivity contribution in [2.45, 2.75) is 33.6 Å². The Hall–Kier alpha value is -2.98. The summed E-state index contributed by atoms with van der Waals surface area (Å²) in [7, 11) is 0. The number of nitrogens with zero attached hydrogens (tertiary/aromatic N) is 4. The molecule has 2 N–H and O–H groups in total. The van der Waals surface area contributed by atoms with Crippen LogP contribution in [0.1, 0.15) is 31.3 Å². The third-order valence-corrected chi connectivity index (χ3v) is 3.01. The number of nitrogens with one attached hydrogen (secondary N) is 2. The van der Waals surface area contributed by atoms with E-state index in [9.17, 15) is 18.0 Å². The van der Waals surface area contributed by atoms with Crippen LogP contribution in [-0.2, 0) is 0 Å². The Balaban J connectivity index is 2.11. The first-order valence-corrected chi connectivity index (χ1v) is 7.93. The zero-order valence-electron chi connectivity index (χ0n) is 14.9. The van der Waals surface area contributed by atoms with Gasteiger partial charge >= 0.3 is 6.43 Å². The number of carbonyl (C=O) groups is 1. The molecule has 0 saturated heterocycles. The van der Waals surface area contributed by atoms with E-state index in [-0.39, 0.29) is 22.7 Å². The number of aromatic nitrogens is 4. The largest absolute Gasteiger partial charge is 0.435 e. The van der Waals surface area contributed by atoms with Gasteiger partial charge in [0.25, 0.3) is 12.3 Å². The molecule has 11 heteroatoms. The van der Waals surface area contributed by atoms with Gasteiger partial charge in [0.15, 0.2) is 0 Å². The molecule has 27 heavy (non-hydrogen) atoms. The van der Waals surface area contributed by atoms with E-state index < -0.39 is 24.6 Å². The number of hydrogen-bond donors (Lipinski definition) is 2. The quantitative estimate of drug-likeness (QED) is 0.757. The van der Waals surface area contributed by atoms with E-state index in [2.05, 4.69) is 35.3 Å². The Kier molecular flexibility index (Phi) is 6.48. The van der Waals surface area contributed by atoms with Crippen LogP contribution in [0.3, 0.4) is 0 Å². The van der Waals surface area contributed by atoms with Crippen molar-refractivity contribution in [1.29, 1.82) is 0 Å². The van der Waals surface area contributed by atoms with Crippen LogP contribution in [0.5, 0.6) is 5.88 Å². The van der Waals surface area contributed by atoms with Crippen molar-refractivity contribution in [3.63, 3.8) is 0 Å². The third kappa shape index (κ3) is 6.35. The van der Waals surface area contributed by atoms with Crippen molar-refractivity contribution in [1.82, 2.24) is 19.9 Å². The summed E-state index contributed by atoms with van der Waals surface area (Å²) < 4.78 is 42.2. The highest BCUT2D eigenvalue weighted by molar-refractivity contribution is 6.03. The van der Waals surface area contributed by atoms with Crippen LogP contribution in [0.2, 0.25) is 0 Å². The molecule has 0 aliphatic heterocycles. The summed E-state index contributed by atoms with van der Waals surface area (Å²) in [6.45, 7) is 6.63. The summed E-state index contributed by atoms with van der Waals surface area (Å²) >= 11 is 0. The van der Waals surface area contributed by atoms with Crippen LogP contribution < -0.4 is 15.4 Å². The molecule has 0 bridgehead atoms. The smallest absolute Gasteiger partial charge is 0.304 e. The van der Waals surface area contributed by atoms with Crippen molar-refractivity contribution in [3.05, 3.63) is 30.5 Å². The highest BCUT2D eigenvalue weighted by Crippen LogP contribution is 2.23. The van der Waals surface area contributed by atoms with Gasteiger partial charge in [-0.3, -0.25) is 4.79 Å². The lowest BCUT2D eigenvalue weighted by atomic mass is 9.97. The lowest BCUT2D eigenvalue weighted by Gasteiger charge is -2.18. The molecule has 2 aromatic heterocycles. The maximum Gasteiger partial charge on any atom is 0.304 e. The SMILES string of the molecule is CC(C)(C)CNc1nccc(C(=O)Nc2cncnc2OC(F)C(F)F)n1. The minimum absolute atomic E-state index is 0.00173. The van der Waals surface area contributed by atoms with Gasteiger partial charge in [-0.1, -0.05) is 20.8 Å². The number of hydrogen-bond acceptors (Lipinski definition) is 7. The van der Waals surface area contributed by atoms with E-state index in [4.69, 9.17) is 0 Å². The lowest BCUT2D eigenvalue weighted by Crippen LogP contribution is -2.23. The number of carbonyl (C=O) groups excluding carboxylic acids is 1. The maximum atomic E-state index is 13.1. The van der Waals surface area contributed by atoms with E-state index in [0.29, 0.717) is 6.54 Å². The maximum absolute atomic E-state index is 13.1. The summed E-state index contributed by atoms with van der Waals surface area (Å²) in [4.78, 5) is 27.7. The molecule has 1 atom stereocenters. The molecule has 0 spiro atoms. The molecule has 1 unspecified atom stereocenters. The summed E-state index contributed by atoms with van der Waals surface area (Å²) in [5.74, 6) is -0.963. The fraction of sp³-hybridized carbons (Fsp3) is 0.438. The van der Waals surface area contributed by atoms with Crippen LogP contribution in [-0.4, -0.2) is 45.2 Å². The number of anilines is 2. The molecule has 0 aliphatic rings. The third-order valence-electron chi connectivity index (χ3n) is 3.01. The molecular formula is C16H19F3N6O2. The molecule has 2 aromatic rings. The molecule has 2 heterocycles. The molecule has 0 aliphatic carbocycles. The van der Waals surface area contributed by atoms with Crippen molar-refractivity contribution in [3.8, 4) is 5.88 Å². The fourth-order valence-corrected chi connectivity index (χ4v) is 1.76. The first-order valence-electron chi connectivity index (χ1n) is 7.93. The van der Waals surface area contributed by atoms with Crippen molar-refractivity contribution >= 4 is 17.5 Å². The monoisotopic (exact) mass is 384 g/mol. The Morgan fingerprint density at radius 1 is 1.26 bits per heavy atom. The first kappa shape index (κ1) is 20.3. The van der Waals surface area contributed by atoms with Gasteiger partial charge in [0.2, 0.25) is 11.8 Å². The molecule has 0 saturated carbocycles. The molecule has 1 amide bonds. The molecular weight excluding hydrogens is 365 g/mol. The van der Waals surface area contributed by atoms with Gasteiger partial charge < -0.3 is 15.4 Å². The second-order valence-corrected chi connectivity index (χ2v) is 6.68. The number of rotatable bonds is 7. The van der Waals surface area contributed by atoms with E-state index in [1.54, 1.807) is 0 Å². The first-order chi connectivity index (χ1) is 12.7. The average molecular weight is 384 g/mol. The standard InChI is InChI=1S/C16H19F3N6O2/c1-16(2,3)7-22-15-21-5-4-9(25-15)13(26)24-10-6-20-8-23-14(10)27-12(19)11(17)18/h4-6,8,11-12H,7H2,1-3H3,(H,24,26)(H,21,22,25). The number of alkyl halides is 3. The van der Waals surface area contributed by atoms with Crippen molar-refractivity contribution in [2.24, 2.45) is 5.41 Å². The minimum atomic E-state index is -3.36. The topological polar surface area (TPSA) is 102 Å². The average Bonchev–Trinajstić information content (AvgIpc) is 2.61. The fourth-order valence-electron chi connectivity index (χ4n) is 1.76. The predicted molar refractivity (Wildman–Crippen MR) is 91.5 cm³/mol. The zero-order valence-corrected chi connectivity index (χ0v) is 14.9. The van der Waals surface area contributed by atoms with Gasteiger partial charge in [0.05, 0.1) is 6.20 Å². The van der Waals surface area contributed by atoms with E-state index >= 15 is 0 Å². The van der Waals surface area contributed by atoms with Gasteiger partial charge in [-0.25, -0.2) is 23.7 Å². The number of ether oxygens (including phenoxy) is 1. The Labute approximate surface area is 153 Å². The van der Waals surface area contributed by atoms with Crippen LogP contribution >= 0.6 is 0 Å². The predicted octanol–water partition coefficient (Wildman–Crippen LogP) is 2.92. The van der Waals surface area contributed by atoms with Gasteiger partial charge in [0.1, 0.15) is 17.7 Å². The van der Waals surface area contributed by atoms with Crippen LogP contribution in [0.4, 0.5) is 24.8 Å². The van der Waals surface area contributed by atoms with E-state index in [1.807, 2.05) is 20.8 Å². The summed E-state index contributed by atoms with van der Waals surface area (Å²) in [6.07, 6.45) is -2.79. The molecule has 2 rings (SSSR count). The van der Waals surface area contributed by atoms with E-state index in [0.717, 1.165) is 12.5 Å². The van der Waals surface area contributed by atoms with Crippen molar-refractivity contribution in [2.75, 3.05) is 17.2 Å². The van der Waals surface area contributed by atoms with E-state index in [1.165, 1.54) is 12.3 Å². The molecule has 146 valence electrons. The zero-order chi connectivity index (χ0) is 20.0. The van der Waals surface area contributed by atoms with Gasteiger partial charge in [-0.2, -0.15) is 9.37 Å². The minimum Gasteiger partial charge on any atom is -0.435 e. The Morgan fingerprint density at radius 2 is 2.00 bits per heavy atom. The Morgan fingerprint density at radius 3 is 2.67 bits per heavy atom. The van der Waals surface area contributed by atoms with Gasteiger partial charge in [-0.15, -0.1) is 0 Å². The highest BCUT2D eigenvalue weighted by Gasteiger charge is 2.24. The number of amides is 1. The van der Waals surface area contributed by atoms with Gasteiger partial charge in [0, 0.05) is 12.7 Å². The van der Waals surface area contributed by atoms with Crippen LogP contribution in [0, 0.1) is 5.41 Å². The van der Waals surface area contributed by atoms with Gasteiger partial charge in [-0.05, 0) is 11.5 Å². The molecule has 8 nitrogen and oxygen atoms in total. The summed E-state index contributed by atoms with van der Waals surface area (Å²) in [5, 5.41) is 5.36. The lowest BCUT2D eigenvalue weighted by molar-refractivity contribution is -0.0687. The Bertz CT molecular complexity index is 785. The summed E-state index contributed by atoms with van der Waals surface area (Å²) in [6, 6.07) is 1.36. The summed E-state index contributed by atoms with van der Waals surface area (Å²) in [5.41, 5.74) is -0.196. The van der Waals surface area contributed by atoms with Crippen molar-refractivity contribution < 1.29 is 22.7 Å². The van der Waals surface area contributed by atoms with Crippen LogP contribution in [0.25, 0.3) is 0 Å². The second kappa shape index (κ2) is 8.60. The number of halogens is 3. The molecule has 0 radical (unpaired) electrons. The highest BCUT2D eigenvalue weighted by atomic mass is 19.3.